The number of aromatic nitrogens is 1. The number of hydrogen-bond donors (Lipinski definition) is 2. The average Bonchev–Trinajstić information content (AvgIpc) is 3.09. The number of ether oxygens (including phenoxy) is 1. The molecule has 3 aromatic rings. The van der Waals surface area contributed by atoms with Crippen molar-refractivity contribution < 1.29 is 14.3 Å². The minimum atomic E-state index is -0.111. The fourth-order valence-corrected chi connectivity index (χ4v) is 3.79. The van der Waals surface area contributed by atoms with Crippen LogP contribution in [0.1, 0.15) is 30.3 Å². The molecule has 150 valence electrons. The van der Waals surface area contributed by atoms with Crippen molar-refractivity contribution in [1.82, 2.24) is 9.88 Å². The van der Waals surface area contributed by atoms with E-state index in [1.165, 1.54) is 6.92 Å². The largest absolute Gasteiger partial charge is 0.490 e. The van der Waals surface area contributed by atoms with Crippen LogP contribution in [0.2, 0.25) is 0 Å². The Morgan fingerprint density at radius 1 is 1.07 bits per heavy atom. The summed E-state index contributed by atoms with van der Waals surface area (Å²) in [5, 5.41) is 3.80. The number of nitrogens with one attached hydrogen (secondary N) is 2. The number of carbonyl (C=O) groups excluding carboxylic acids is 2. The summed E-state index contributed by atoms with van der Waals surface area (Å²) in [6.45, 7) is 3.41. The number of ketones is 1. The van der Waals surface area contributed by atoms with Gasteiger partial charge >= 0.3 is 0 Å². The Hall–Kier alpha value is -3.12. The number of H-pyrrole nitrogens is 1. The molecule has 0 atom stereocenters. The molecule has 2 N–H and O–H groups in total. The van der Waals surface area contributed by atoms with Gasteiger partial charge in [0, 0.05) is 30.9 Å². The van der Waals surface area contributed by atoms with Crippen molar-refractivity contribution in [3.05, 3.63) is 60.3 Å². The van der Waals surface area contributed by atoms with Crippen molar-refractivity contribution in [2.45, 2.75) is 25.9 Å². The lowest BCUT2D eigenvalue weighted by Gasteiger charge is -2.31. The van der Waals surface area contributed by atoms with Crippen LogP contribution in [0.25, 0.3) is 10.9 Å². The van der Waals surface area contributed by atoms with E-state index in [0.29, 0.717) is 17.9 Å². The topological polar surface area (TPSA) is 74.4 Å². The number of piperidine rings is 1. The van der Waals surface area contributed by atoms with Crippen LogP contribution >= 0.6 is 0 Å². The highest BCUT2D eigenvalue weighted by Crippen LogP contribution is 2.28. The third-order valence-corrected chi connectivity index (χ3v) is 5.27. The van der Waals surface area contributed by atoms with Crippen molar-refractivity contribution in [2.75, 3.05) is 25.0 Å². The minimum absolute atomic E-state index is 0.102. The Balaban J connectivity index is 1.35. The lowest BCUT2D eigenvalue weighted by Crippen LogP contribution is -2.42. The summed E-state index contributed by atoms with van der Waals surface area (Å²) in [6, 6.07) is 17.4. The molecule has 6 nitrogen and oxygen atoms in total. The highest BCUT2D eigenvalue weighted by atomic mass is 16.5. The molecule has 0 bridgehead atoms. The van der Waals surface area contributed by atoms with Gasteiger partial charge in [0.15, 0.2) is 5.78 Å². The highest BCUT2D eigenvalue weighted by Gasteiger charge is 2.23. The summed E-state index contributed by atoms with van der Waals surface area (Å²) in [4.78, 5) is 29.9. The third kappa shape index (κ3) is 4.49. The fraction of sp³-hybridized carbons (Fsp3) is 0.304. The van der Waals surface area contributed by atoms with E-state index in [9.17, 15) is 9.59 Å². The molecule has 2 aromatic carbocycles. The molecule has 1 aromatic heterocycles. The van der Waals surface area contributed by atoms with Crippen LogP contribution < -0.4 is 10.1 Å². The number of rotatable bonds is 6. The maximum Gasteiger partial charge on any atom is 0.238 e. The molecule has 0 unspecified atom stereocenters. The number of para-hydroxylation sites is 2. The normalized spacial score (nSPS) is 15.3. The van der Waals surface area contributed by atoms with Crippen molar-refractivity contribution >= 4 is 28.3 Å². The summed E-state index contributed by atoms with van der Waals surface area (Å²) in [5.74, 6) is 0.676. The van der Waals surface area contributed by atoms with Crippen molar-refractivity contribution in [3.8, 4) is 5.75 Å². The van der Waals surface area contributed by atoms with Crippen LogP contribution in [-0.2, 0) is 4.79 Å². The van der Waals surface area contributed by atoms with Gasteiger partial charge in [-0.25, -0.2) is 0 Å². The first-order chi connectivity index (χ1) is 14.1. The lowest BCUT2D eigenvalue weighted by molar-refractivity contribution is -0.117. The second-order valence-electron chi connectivity index (χ2n) is 7.43. The first-order valence-corrected chi connectivity index (χ1v) is 9.95. The van der Waals surface area contributed by atoms with Crippen LogP contribution in [0.5, 0.6) is 5.75 Å². The molecule has 29 heavy (non-hydrogen) atoms. The molecule has 4 rings (SSSR count). The van der Waals surface area contributed by atoms with E-state index in [-0.39, 0.29) is 17.8 Å². The number of hydrogen-bond acceptors (Lipinski definition) is 4. The maximum absolute atomic E-state index is 12.7. The van der Waals surface area contributed by atoms with Crippen LogP contribution in [0.15, 0.2) is 54.6 Å². The molecule has 1 aliphatic heterocycles. The van der Waals surface area contributed by atoms with E-state index in [4.69, 9.17) is 4.74 Å². The zero-order valence-electron chi connectivity index (χ0n) is 16.5. The van der Waals surface area contributed by atoms with Crippen LogP contribution in [0.4, 0.5) is 5.69 Å². The summed E-state index contributed by atoms with van der Waals surface area (Å²) in [7, 11) is 0. The molecule has 0 radical (unpaired) electrons. The smallest absolute Gasteiger partial charge is 0.238 e. The highest BCUT2D eigenvalue weighted by molar-refractivity contribution is 6.12. The zero-order chi connectivity index (χ0) is 20.2. The van der Waals surface area contributed by atoms with Crippen LogP contribution in [0.3, 0.4) is 0 Å². The van der Waals surface area contributed by atoms with Gasteiger partial charge in [0.2, 0.25) is 5.91 Å². The summed E-state index contributed by atoms with van der Waals surface area (Å²) < 4.78 is 6.02. The molecule has 1 saturated heterocycles. The molecule has 1 amide bonds. The molecule has 2 heterocycles. The SMILES string of the molecule is CC(=O)c1[nH]c2ccccc2c1NC(=O)CN1CCC(Oc2ccccc2)CC1. The van der Waals surface area contributed by atoms with Gasteiger partial charge < -0.3 is 15.0 Å². The number of amides is 1. The fourth-order valence-electron chi connectivity index (χ4n) is 3.79. The van der Waals surface area contributed by atoms with Gasteiger partial charge in [-0.05, 0) is 31.0 Å². The number of aromatic amines is 1. The van der Waals surface area contributed by atoms with Gasteiger partial charge in [0.05, 0.1) is 12.2 Å². The van der Waals surface area contributed by atoms with E-state index < -0.39 is 0 Å². The third-order valence-electron chi connectivity index (χ3n) is 5.27. The second-order valence-corrected chi connectivity index (χ2v) is 7.43. The van der Waals surface area contributed by atoms with Crippen LogP contribution in [0, 0.1) is 0 Å². The molecular formula is C23H25N3O3. The van der Waals surface area contributed by atoms with E-state index in [1.807, 2.05) is 54.6 Å². The standard InChI is InChI=1S/C23H25N3O3/c1-16(27)22-23(19-9-5-6-10-20(19)24-22)25-21(28)15-26-13-11-18(12-14-26)29-17-7-3-2-4-8-17/h2-10,18,24H,11-15H2,1H3,(H,25,28). The predicted octanol–water partition coefficient (Wildman–Crippen LogP) is 3.85. The average molecular weight is 391 g/mol. The minimum Gasteiger partial charge on any atom is -0.490 e. The summed E-state index contributed by atoms with van der Waals surface area (Å²) >= 11 is 0. The Kier molecular flexibility index (Phi) is 5.62. The molecule has 1 fully saturated rings. The predicted molar refractivity (Wildman–Crippen MR) is 113 cm³/mol. The van der Waals surface area contributed by atoms with E-state index in [0.717, 1.165) is 42.6 Å². The van der Waals surface area contributed by atoms with Gasteiger partial charge in [0.1, 0.15) is 17.5 Å². The number of Topliss-reactive ketones (excluding diaryl/α,β-unsaturated/α-hetero) is 1. The number of benzene rings is 2. The first kappa shape index (κ1) is 19.2. The Labute approximate surface area is 169 Å². The van der Waals surface area contributed by atoms with Gasteiger partial charge in [-0.1, -0.05) is 36.4 Å². The molecular weight excluding hydrogens is 366 g/mol. The van der Waals surface area contributed by atoms with Gasteiger partial charge in [-0.3, -0.25) is 14.5 Å². The van der Waals surface area contributed by atoms with E-state index in [1.54, 1.807) is 0 Å². The van der Waals surface area contributed by atoms with Gasteiger partial charge in [0.25, 0.3) is 0 Å². The Bertz CT molecular complexity index is 1000. The van der Waals surface area contributed by atoms with Crippen LogP contribution in [-0.4, -0.2) is 47.3 Å². The number of carbonyl (C=O) groups is 2. The molecule has 0 aliphatic carbocycles. The van der Waals surface area contributed by atoms with Gasteiger partial charge in [-0.15, -0.1) is 0 Å². The number of fused-ring (bicyclic) bond motifs is 1. The van der Waals surface area contributed by atoms with E-state index in [2.05, 4.69) is 15.2 Å². The monoisotopic (exact) mass is 391 g/mol. The lowest BCUT2D eigenvalue weighted by atomic mass is 10.1. The molecule has 6 heteroatoms. The number of anilines is 1. The molecule has 1 aliphatic rings. The number of likely N-dealkylation sites (tertiary alicyclic amines) is 1. The summed E-state index contributed by atoms with van der Waals surface area (Å²) in [5.41, 5.74) is 1.85. The summed E-state index contributed by atoms with van der Waals surface area (Å²) in [6.07, 6.45) is 1.94. The second kappa shape index (κ2) is 8.49. The van der Waals surface area contributed by atoms with Crippen molar-refractivity contribution in [1.29, 1.82) is 0 Å². The quantitative estimate of drug-likeness (QED) is 0.626. The number of nitrogens with zero attached hydrogens (tertiary/aromatic N) is 1. The molecule has 0 spiro atoms. The first-order valence-electron chi connectivity index (χ1n) is 9.95. The van der Waals surface area contributed by atoms with Crippen molar-refractivity contribution in [3.63, 3.8) is 0 Å². The molecule has 0 saturated carbocycles. The van der Waals surface area contributed by atoms with E-state index >= 15 is 0 Å². The van der Waals surface area contributed by atoms with Gasteiger partial charge in [-0.2, -0.15) is 0 Å². The Morgan fingerprint density at radius 3 is 2.48 bits per heavy atom. The Morgan fingerprint density at radius 2 is 1.76 bits per heavy atom. The maximum atomic E-state index is 12.7. The van der Waals surface area contributed by atoms with Crippen molar-refractivity contribution in [2.24, 2.45) is 0 Å². The zero-order valence-corrected chi connectivity index (χ0v) is 16.5.